The van der Waals surface area contributed by atoms with Crippen LogP contribution in [0.3, 0.4) is 0 Å². The zero-order valence-electron chi connectivity index (χ0n) is 41.3. The van der Waals surface area contributed by atoms with Crippen molar-refractivity contribution >= 4 is 86.3 Å². The monoisotopic (exact) mass is 907 g/mol. The predicted octanol–water partition coefficient (Wildman–Crippen LogP) is 12.0. The third-order valence-electron chi connectivity index (χ3n) is 14.1. The number of allylic oxidation sites excluding steroid dienone is 3. The number of fused-ring (bicyclic) bond motifs is 8. The average Bonchev–Trinajstić information content (AvgIpc) is 4.02. The van der Waals surface area contributed by atoms with E-state index in [0.717, 1.165) is 47.7 Å². The zero-order chi connectivity index (χ0) is 47.1. The number of methoxy groups -OCH3 is 1. The minimum Gasteiger partial charge on any atom is -0.657 e. The van der Waals surface area contributed by atoms with E-state index in [1.807, 2.05) is 45.9 Å². The number of aryl methyl sites for hydroxylation is 2. The number of ketones is 1. The smallest absolute Gasteiger partial charge is 0.657 e. The minimum absolute atomic E-state index is 0. The molecule has 0 amide bonds. The van der Waals surface area contributed by atoms with Crippen LogP contribution < -0.4 is 9.97 Å². The fraction of sp³-hybridized carbons (Fsp3) is 0.527. The van der Waals surface area contributed by atoms with Crippen molar-refractivity contribution < 1.29 is 28.7 Å². The number of carbonyl (C=O) groups is 4. The van der Waals surface area contributed by atoms with Gasteiger partial charge in [-0.3, -0.25) is 24.2 Å². The molecule has 0 unspecified atom stereocenters. The normalized spacial score (nSPS) is 17.8. The van der Waals surface area contributed by atoms with E-state index in [1.165, 1.54) is 57.6 Å². The molecule has 3 aromatic heterocycles. The largest absolute Gasteiger partial charge is 2.00 e. The van der Waals surface area contributed by atoms with Gasteiger partial charge in [0.05, 0.1) is 18.5 Å². The molecular formula is C55H70MgN4O6. The van der Waals surface area contributed by atoms with Crippen molar-refractivity contribution in [3.05, 3.63) is 87.0 Å². The molecule has 10 nitrogen and oxygen atoms in total. The van der Waals surface area contributed by atoms with Crippen molar-refractivity contribution in [3.63, 3.8) is 0 Å². The summed E-state index contributed by atoms with van der Waals surface area (Å²) in [7, 11) is 1.27. The Labute approximate surface area is 408 Å². The van der Waals surface area contributed by atoms with E-state index in [2.05, 4.69) is 41.2 Å². The second kappa shape index (κ2) is 23.4. The fourth-order valence-corrected chi connectivity index (χ4v) is 10.0. The standard InChI is InChI=1S/C55H71N4O6.Mg/c1-12-38-35(8)42-27-43-36(9)40(23-24-48(61)65-26-25-34(7)22-16-21-33(6)20-15-19-32(5)18-14-17-31(3)4)52(58-43)50-51(55(63)64-11)54(62)49-37(10)44(59-53(49)50)28-46-39(13-2)41(30-60)47(57-46)29-45(38)56-42;/h12,25,27-33,36,40,51H,1,13-24,26H2,2-11H3,(H-,56,57,58,59,60,62);/q-1;+2/p-1/b34-25+;/t32-,33-,36+,40+,51-;/m1./s1. The number of hydrogen-bond acceptors (Lipinski definition) is 8. The van der Waals surface area contributed by atoms with Gasteiger partial charge in [-0.1, -0.05) is 128 Å². The molecule has 2 aliphatic heterocycles. The van der Waals surface area contributed by atoms with Gasteiger partial charge in [-0.05, 0) is 93.1 Å². The Hall–Kier alpha value is -4.61. The number of Topliss-reactive ketones (excluding diaryl/α,β-unsaturated/α-hetero) is 1. The summed E-state index contributed by atoms with van der Waals surface area (Å²) in [5.74, 6) is -0.983. The molecule has 8 bridgehead atoms. The van der Waals surface area contributed by atoms with Gasteiger partial charge >= 0.3 is 35.0 Å². The summed E-state index contributed by atoms with van der Waals surface area (Å²) in [5.41, 5.74) is 9.91. The summed E-state index contributed by atoms with van der Waals surface area (Å²) in [5, 5.41) is 0. The van der Waals surface area contributed by atoms with E-state index in [9.17, 15) is 19.2 Å². The molecule has 348 valence electrons. The number of hydrogen-bond donors (Lipinski definition) is 0. The molecule has 11 heteroatoms. The van der Waals surface area contributed by atoms with Crippen LogP contribution in [0.5, 0.6) is 0 Å². The summed E-state index contributed by atoms with van der Waals surface area (Å²) in [6.45, 7) is 23.5. The molecule has 66 heavy (non-hydrogen) atoms. The van der Waals surface area contributed by atoms with Crippen LogP contribution >= 0.6 is 0 Å². The molecule has 0 N–H and O–H groups in total. The number of esters is 2. The first-order valence-electron chi connectivity index (χ1n) is 24.0. The van der Waals surface area contributed by atoms with Gasteiger partial charge in [0.25, 0.3) is 0 Å². The van der Waals surface area contributed by atoms with E-state index < -0.39 is 17.7 Å². The van der Waals surface area contributed by atoms with Gasteiger partial charge in [0.15, 0.2) is 12.1 Å². The molecule has 0 aromatic carbocycles. The Bertz CT molecular complexity index is 2540. The SMILES string of the molecule is C=Cc1c(C)c2cc3nc(c4c5[n-]c(cc6nc(cc1[n-]2)C(C=O)=C6CC)c(C)c5C(=O)[C@@H]4C(=O)OC)[C@@H](CCC(=O)OC/C=C(\C)CCC[C@H](C)CCC[C@H](C)CCCC(C)C)[C@@H]3C.[Mg+2]. The van der Waals surface area contributed by atoms with Gasteiger partial charge in [-0.2, -0.15) is 0 Å². The van der Waals surface area contributed by atoms with Crippen LogP contribution in [0.2, 0.25) is 0 Å². The maximum atomic E-state index is 14.4. The first-order chi connectivity index (χ1) is 31.1. The maximum Gasteiger partial charge on any atom is 2.00 e. The molecule has 1 aliphatic carbocycles. The molecule has 0 radical (unpaired) electrons. The summed E-state index contributed by atoms with van der Waals surface area (Å²) >= 11 is 0. The van der Waals surface area contributed by atoms with Crippen LogP contribution in [0.25, 0.3) is 39.3 Å². The summed E-state index contributed by atoms with van der Waals surface area (Å²) < 4.78 is 11.0. The first-order valence-corrected chi connectivity index (χ1v) is 24.0. The van der Waals surface area contributed by atoms with Crippen molar-refractivity contribution in [3.8, 4) is 0 Å². The van der Waals surface area contributed by atoms with Crippen LogP contribution in [-0.2, 0) is 23.9 Å². The maximum absolute atomic E-state index is 14.4. The van der Waals surface area contributed by atoms with Crippen LogP contribution in [0.1, 0.15) is 199 Å². The summed E-state index contributed by atoms with van der Waals surface area (Å²) in [6, 6.07) is 5.55. The van der Waals surface area contributed by atoms with Crippen molar-refractivity contribution in [1.82, 2.24) is 19.9 Å². The fourth-order valence-electron chi connectivity index (χ4n) is 10.0. The number of rotatable bonds is 21. The van der Waals surface area contributed by atoms with Gasteiger partial charge in [-0.15, -0.1) is 22.1 Å². The number of nitrogens with zero attached hydrogens (tertiary/aromatic N) is 4. The van der Waals surface area contributed by atoms with Gasteiger partial charge in [0.2, 0.25) is 0 Å². The number of ether oxygens (including phenoxy) is 2. The van der Waals surface area contributed by atoms with E-state index in [1.54, 1.807) is 12.1 Å². The quantitative estimate of drug-likeness (QED) is 0.0333. The summed E-state index contributed by atoms with van der Waals surface area (Å²) in [6.07, 6.45) is 16.8. The Kier molecular flexibility index (Phi) is 18.6. The molecule has 0 spiro atoms. The molecule has 3 aromatic rings. The Morgan fingerprint density at radius 3 is 2.17 bits per heavy atom. The summed E-state index contributed by atoms with van der Waals surface area (Å²) in [4.78, 5) is 74.1. The van der Waals surface area contributed by atoms with Crippen LogP contribution in [0.15, 0.2) is 36.4 Å². The molecule has 5 heterocycles. The first kappa shape index (κ1) is 52.4. The molecule has 0 saturated heterocycles. The number of aromatic nitrogens is 4. The molecule has 0 saturated carbocycles. The Morgan fingerprint density at radius 1 is 0.879 bits per heavy atom. The van der Waals surface area contributed by atoms with Crippen LogP contribution in [-0.4, -0.2) is 70.7 Å². The third kappa shape index (κ3) is 11.6. The third-order valence-corrected chi connectivity index (χ3v) is 14.1. The van der Waals surface area contributed by atoms with E-state index in [-0.39, 0.29) is 53.9 Å². The molecule has 6 rings (SSSR count). The minimum atomic E-state index is -1.27. The predicted molar refractivity (Wildman–Crippen MR) is 266 cm³/mol. The molecule has 0 fully saturated rings. The van der Waals surface area contributed by atoms with E-state index in [4.69, 9.17) is 29.4 Å². The van der Waals surface area contributed by atoms with E-state index in [0.29, 0.717) is 85.9 Å². The van der Waals surface area contributed by atoms with Crippen molar-refractivity contribution in [1.29, 1.82) is 0 Å². The average molecular weight is 907 g/mol. The van der Waals surface area contributed by atoms with Gasteiger partial charge in [-0.25, -0.2) is 4.98 Å². The van der Waals surface area contributed by atoms with E-state index >= 15 is 0 Å². The second-order valence-electron chi connectivity index (χ2n) is 19.3. The van der Waals surface area contributed by atoms with Crippen molar-refractivity contribution in [2.75, 3.05) is 13.7 Å². The van der Waals surface area contributed by atoms with Crippen molar-refractivity contribution in [2.24, 2.45) is 17.8 Å². The number of carbonyl (C=O) groups excluding carboxylic acids is 4. The van der Waals surface area contributed by atoms with Crippen LogP contribution in [0.4, 0.5) is 0 Å². The zero-order valence-corrected chi connectivity index (χ0v) is 42.7. The second-order valence-corrected chi connectivity index (χ2v) is 19.3. The molecule has 3 aliphatic rings. The molecular weight excluding hydrogens is 837 g/mol. The van der Waals surface area contributed by atoms with Gasteiger partial charge < -0.3 is 19.4 Å². The van der Waals surface area contributed by atoms with Gasteiger partial charge in [0.1, 0.15) is 12.5 Å². The Balaban J connectivity index is 0.00000817. The molecule has 5 atom stereocenters. The van der Waals surface area contributed by atoms with Gasteiger partial charge in [0, 0.05) is 40.8 Å². The number of aldehydes is 1. The van der Waals surface area contributed by atoms with Crippen LogP contribution in [0, 0.1) is 31.6 Å². The van der Waals surface area contributed by atoms with Crippen molar-refractivity contribution in [2.45, 2.75) is 157 Å². The topological polar surface area (TPSA) is 141 Å². The Morgan fingerprint density at radius 2 is 1.53 bits per heavy atom.